The third-order valence-corrected chi connectivity index (χ3v) is 3.93. The Bertz CT molecular complexity index is 386. The van der Waals surface area contributed by atoms with Gasteiger partial charge in [0.15, 0.2) is 0 Å². The van der Waals surface area contributed by atoms with Crippen LogP contribution < -0.4 is 0 Å². The van der Waals surface area contributed by atoms with E-state index in [2.05, 4.69) is 0 Å². The van der Waals surface area contributed by atoms with Crippen LogP contribution in [0.5, 0.6) is 0 Å². The van der Waals surface area contributed by atoms with Gasteiger partial charge in [0.1, 0.15) is 6.29 Å². The van der Waals surface area contributed by atoms with E-state index in [4.69, 9.17) is 0 Å². The molecule has 7 nitrogen and oxygen atoms in total. The van der Waals surface area contributed by atoms with E-state index in [1.807, 2.05) is 0 Å². The fourth-order valence-corrected chi connectivity index (χ4v) is 3.20. The maximum absolute atomic E-state index is 11.2. The molecule has 2 heterocycles. The van der Waals surface area contributed by atoms with Crippen molar-refractivity contribution in [3.05, 3.63) is 0 Å². The van der Waals surface area contributed by atoms with Crippen molar-refractivity contribution in [2.24, 2.45) is 5.92 Å². The van der Waals surface area contributed by atoms with Crippen LogP contribution in [0.4, 0.5) is 9.59 Å². The van der Waals surface area contributed by atoms with Crippen molar-refractivity contribution in [1.29, 1.82) is 0 Å². The number of rotatable bonds is 2. The predicted octanol–water partition coefficient (Wildman–Crippen LogP) is 0.695. The van der Waals surface area contributed by atoms with Gasteiger partial charge in [0.05, 0.1) is 18.1 Å². The molecule has 0 spiro atoms. The fraction of sp³-hybridized carbons (Fsp3) is 0.727. The quantitative estimate of drug-likeness (QED) is 0.708. The molecule has 2 saturated heterocycles. The first kappa shape index (κ1) is 12.7. The Balaban J connectivity index is 2.33. The molecule has 2 fully saturated rings. The second-order valence-electron chi connectivity index (χ2n) is 4.91. The number of aldehydes is 1. The summed E-state index contributed by atoms with van der Waals surface area (Å²) in [6, 6.07) is -1.26. The van der Waals surface area contributed by atoms with Crippen molar-refractivity contribution in [2.45, 2.75) is 37.9 Å². The second-order valence-corrected chi connectivity index (χ2v) is 4.91. The van der Waals surface area contributed by atoms with Gasteiger partial charge in [-0.15, -0.1) is 0 Å². The Hall–Kier alpha value is -1.79. The Labute approximate surface area is 104 Å². The van der Waals surface area contributed by atoms with Crippen LogP contribution in [0.25, 0.3) is 0 Å². The van der Waals surface area contributed by atoms with Gasteiger partial charge in [0.25, 0.3) is 0 Å². The maximum atomic E-state index is 11.2. The molecule has 0 aliphatic carbocycles. The average Bonchev–Trinajstić information content (AvgIpc) is 2.63. The first-order valence-corrected chi connectivity index (χ1v) is 5.93. The van der Waals surface area contributed by atoms with Crippen LogP contribution in [-0.4, -0.2) is 63.2 Å². The molecule has 18 heavy (non-hydrogen) atoms. The van der Waals surface area contributed by atoms with Crippen molar-refractivity contribution in [3.63, 3.8) is 0 Å². The molecule has 2 bridgehead atoms. The van der Waals surface area contributed by atoms with Crippen molar-refractivity contribution in [2.75, 3.05) is 6.54 Å². The van der Waals surface area contributed by atoms with Crippen LogP contribution in [0.2, 0.25) is 0 Å². The third kappa shape index (κ3) is 1.79. The highest BCUT2D eigenvalue weighted by Gasteiger charge is 2.51. The summed E-state index contributed by atoms with van der Waals surface area (Å²) in [6.07, 6.45) is -0.155. The Morgan fingerprint density at radius 1 is 1.28 bits per heavy atom. The van der Waals surface area contributed by atoms with Crippen molar-refractivity contribution >= 4 is 18.5 Å². The Kier molecular flexibility index (Phi) is 3.14. The highest BCUT2D eigenvalue weighted by Crippen LogP contribution is 2.36. The number of hydrogen-bond donors (Lipinski definition) is 2. The SMILES string of the molecule is C[C@@H](C=O)[C@H]1[C@@H]2CC[C@H](CN1C(=O)O)N2C(=O)O. The topological polar surface area (TPSA) is 98.2 Å². The molecular formula is C11H16N2O5. The number of carbonyl (C=O) groups is 3. The second kappa shape index (κ2) is 4.47. The van der Waals surface area contributed by atoms with Gasteiger partial charge in [-0.1, -0.05) is 6.92 Å². The van der Waals surface area contributed by atoms with E-state index in [9.17, 15) is 24.6 Å². The maximum Gasteiger partial charge on any atom is 0.407 e. The van der Waals surface area contributed by atoms with Gasteiger partial charge >= 0.3 is 12.2 Å². The van der Waals surface area contributed by atoms with Crippen LogP contribution in [-0.2, 0) is 4.79 Å². The number of amides is 2. The van der Waals surface area contributed by atoms with Crippen molar-refractivity contribution in [1.82, 2.24) is 9.80 Å². The van der Waals surface area contributed by atoms with Crippen LogP contribution in [0.15, 0.2) is 0 Å². The average molecular weight is 256 g/mol. The van der Waals surface area contributed by atoms with Gasteiger partial charge < -0.3 is 19.9 Å². The van der Waals surface area contributed by atoms with E-state index in [-0.39, 0.29) is 12.6 Å². The lowest BCUT2D eigenvalue weighted by Gasteiger charge is -2.45. The molecule has 0 radical (unpaired) electrons. The first-order chi connectivity index (χ1) is 8.47. The minimum atomic E-state index is -1.09. The molecule has 0 aromatic heterocycles. The van der Waals surface area contributed by atoms with Crippen LogP contribution in [0, 0.1) is 5.92 Å². The third-order valence-electron chi connectivity index (χ3n) is 3.93. The number of hydrogen-bond acceptors (Lipinski definition) is 3. The Morgan fingerprint density at radius 2 is 1.94 bits per heavy atom. The van der Waals surface area contributed by atoms with Gasteiger partial charge in [-0.2, -0.15) is 0 Å². The summed E-state index contributed by atoms with van der Waals surface area (Å²) in [5, 5.41) is 18.4. The van der Waals surface area contributed by atoms with Gasteiger partial charge in [-0.3, -0.25) is 4.90 Å². The molecular weight excluding hydrogens is 240 g/mol. The van der Waals surface area contributed by atoms with Crippen LogP contribution in [0.3, 0.4) is 0 Å². The van der Waals surface area contributed by atoms with Gasteiger partial charge in [0, 0.05) is 12.5 Å². The molecule has 4 atom stereocenters. The molecule has 0 saturated carbocycles. The van der Waals surface area contributed by atoms with E-state index in [1.165, 1.54) is 9.80 Å². The highest BCUT2D eigenvalue weighted by molar-refractivity contribution is 5.71. The van der Waals surface area contributed by atoms with E-state index in [0.29, 0.717) is 19.1 Å². The van der Waals surface area contributed by atoms with E-state index >= 15 is 0 Å². The molecule has 0 aromatic rings. The largest absolute Gasteiger partial charge is 0.465 e. The monoisotopic (exact) mass is 256 g/mol. The number of carboxylic acid groups (broad SMARTS) is 2. The van der Waals surface area contributed by atoms with E-state index in [0.717, 1.165) is 0 Å². The highest BCUT2D eigenvalue weighted by atomic mass is 16.4. The zero-order valence-corrected chi connectivity index (χ0v) is 10.0. The smallest absolute Gasteiger partial charge is 0.407 e. The van der Waals surface area contributed by atoms with E-state index < -0.39 is 30.2 Å². The minimum absolute atomic E-state index is 0.154. The molecule has 0 aromatic carbocycles. The zero-order chi connectivity index (χ0) is 13.4. The molecule has 2 rings (SSSR count). The normalized spacial score (nSPS) is 32.2. The zero-order valence-electron chi connectivity index (χ0n) is 10.0. The number of carbonyl (C=O) groups excluding carboxylic acids is 1. The van der Waals surface area contributed by atoms with Gasteiger partial charge in [-0.05, 0) is 12.8 Å². The summed E-state index contributed by atoms with van der Waals surface area (Å²) < 4.78 is 0. The van der Waals surface area contributed by atoms with E-state index in [1.54, 1.807) is 6.92 Å². The predicted molar refractivity (Wildman–Crippen MR) is 60.4 cm³/mol. The number of piperazine rings is 1. The van der Waals surface area contributed by atoms with Gasteiger partial charge in [0.2, 0.25) is 0 Å². The summed E-state index contributed by atoms with van der Waals surface area (Å²) in [7, 11) is 0. The molecule has 2 aliphatic rings. The molecule has 2 N–H and O–H groups in total. The summed E-state index contributed by atoms with van der Waals surface area (Å²) in [5.74, 6) is -0.507. The Morgan fingerprint density at radius 3 is 2.44 bits per heavy atom. The summed E-state index contributed by atoms with van der Waals surface area (Å²) >= 11 is 0. The molecule has 2 aliphatic heterocycles. The van der Waals surface area contributed by atoms with Gasteiger partial charge in [-0.25, -0.2) is 9.59 Å². The first-order valence-electron chi connectivity index (χ1n) is 5.93. The summed E-state index contributed by atoms with van der Waals surface area (Å²) in [6.45, 7) is 1.78. The fourth-order valence-electron chi connectivity index (χ4n) is 3.20. The van der Waals surface area contributed by atoms with Crippen molar-refractivity contribution < 1.29 is 24.6 Å². The number of nitrogens with zero attached hydrogens (tertiary/aromatic N) is 2. The van der Waals surface area contributed by atoms with Crippen molar-refractivity contribution in [3.8, 4) is 0 Å². The van der Waals surface area contributed by atoms with Crippen LogP contribution >= 0.6 is 0 Å². The molecule has 2 amide bonds. The molecule has 100 valence electrons. The minimum Gasteiger partial charge on any atom is -0.465 e. The standard InChI is InChI=1S/C11H16N2O5/c1-6(5-14)9-8-3-2-7(13(8)11(17)18)4-12(9)10(15)16/h5-9H,2-4H2,1H3,(H,15,16)(H,17,18)/t6-,7+,8-,9-/m0/s1. The summed E-state index contributed by atoms with van der Waals surface area (Å²) in [5.41, 5.74) is 0. The molecule has 0 unspecified atom stereocenters. The molecule has 7 heteroatoms. The lowest BCUT2D eigenvalue weighted by molar-refractivity contribution is -0.114. The number of fused-ring (bicyclic) bond motifs is 2. The van der Waals surface area contributed by atoms with Crippen LogP contribution in [0.1, 0.15) is 19.8 Å². The lowest BCUT2D eigenvalue weighted by Crippen LogP contribution is -2.64. The summed E-state index contributed by atoms with van der Waals surface area (Å²) in [4.78, 5) is 35.9. The number of likely N-dealkylation sites (tertiary alicyclic amines) is 1. The lowest BCUT2D eigenvalue weighted by atomic mass is 9.92.